The zero-order chi connectivity index (χ0) is 15.0. The van der Waals surface area contributed by atoms with E-state index in [-0.39, 0.29) is 10.0 Å². The minimum atomic E-state index is -0.635. The Labute approximate surface area is 130 Å². The minimum absolute atomic E-state index is 0.0438. The molecule has 6 heteroatoms. The molecule has 0 unspecified atom stereocenters. The number of nitrogen functional groups attached to an aromatic ring is 1. The van der Waals surface area contributed by atoms with E-state index in [0.717, 1.165) is 11.1 Å². The molecule has 0 aliphatic heterocycles. The number of nitrogens with two attached hydrogens (primary N) is 1. The van der Waals surface area contributed by atoms with Crippen molar-refractivity contribution in [3.8, 4) is 0 Å². The molecule has 21 heavy (non-hydrogen) atoms. The van der Waals surface area contributed by atoms with Crippen molar-refractivity contribution in [2.24, 2.45) is 0 Å². The summed E-state index contributed by atoms with van der Waals surface area (Å²) in [7, 11) is 0. The third-order valence-electron chi connectivity index (χ3n) is 3.07. The maximum Gasteiger partial charge on any atom is 0.160 e. The summed E-state index contributed by atoms with van der Waals surface area (Å²) < 4.78 is 13.4. The van der Waals surface area contributed by atoms with E-state index in [1.165, 1.54) is 12.1 Å². The normalized spacial score (nSPS) is 10.8. The molecule has 0 spiro atoms. The highest BCUT2D eigenvalue weighted by atomic mass is 35.5. The van der Waals surface area contributed by atoms with Crippen LogP contribution in [0.5, 0.6) is 0 Å². The highest BCUT2D eigenvalue weighted by Gasteiger charge is 2.10. The molecular weight excluding hydrogens is 312 g/mol. The van der Waals surface area contributed by atoms with Crippen LogP contribution in [0.3, 0.4) is 0 Å². The van der Waals surface area contributed by atoms with Gasteiger partial charge in [0, 0.05) is 23.0 Å². The van der Waals surface area contributed by atoms with Crippen LogP contribution in [-0.2, 0) is 0 Å². The Hall–Kier alpha value is -2.04. The highest BCUT2D eigenvalue weighted by molar-refractivity contribution is 6.35. The van der Waals surface area contributed by atoms with Crippen molar-refractivity contribution >= 4 is 51.2 Å². The predicted octanol–water partition coefficient (Wildman–Crippen LogP) is 5.01. The number of anilines is 3. The number of hydrogen-bond acceptors (Lipinski definition) is 3. The van der Waals surface area contributed by atoms with Crippen LogP contribution in [0.4, 0.5) is 21.5 Å². The lowest BCUT2D eigenvalue weighted by Crippen LogP contribution is -1.96. The van der Waals surface area contributed by atoms with E-state index < -0.39 is 5.82 Å². The molecular formula is C15H10Cl2FN3. The maximum atomic E-state index is 13.4. The second kappa shape index (κ2) is 5.39. The smallest absolute Gasteiger partial charge is 0.160 e. The molecule has 3 rings (SSSR count). The molecule has 2 aromatic carbocycles. The summed E-state index contributed by atoms with van der Waals surface area (Å²) in [4.78, 5) is 4.32. The van der Waals surface area contributed by atoms with Gasteiger partial charge in [-0.1, -0.05) is 23.2 Å². The molecule has 3 nitrogen and oxygen atoms in total. The second-order valence-corrected chi connectivity index (χ2v) is 5.30. The molecule has 1 aromatic heterocycles. The quantitative estimate of drug-likeness (QED) is 0.515. The third kappa shape index (κ3) is 2.60. The Balaban J connectivity index is 2.09. The van der Waals surface area contributed by atoms with Gasteiger partial charge in [-0.05, 0) is 36.4 Å². The first-order chi connectivity index (χ1) is 10.1. The fourth-order valence-electron chi connectivity index (χ4n) is 2.08. The third-order valence-corrected chi connectivity index (χ3v) is 3.62. The molecule has 0 bridgehead atoms. The first kappa shape index (κ1) is 13.9. The van der Waals surface area contributed by atoms with Crippen LogP contribution in [0, 0.1) is 5.82 Å². The van der Waals surface area contributed by atoms with Crippen LogP contribution < -0.4 is 11.1 Å². The first-order valence-corrected chi connectivity index (χ1v) is 6.86. The van der Waals surface area contributed by atoms with Crippen LogP contribution in [0.15, 0.2) is 42.6 Å². The Kier molecular flexibility index (Phi) is 3.57. The summed E-state index contributed by atoms with van der Waals surface area (Å²) in [5, 5.41) is 3.88. The standard InChI is InChI=1S/C15H10Cl2FN3/c16-10-6-8(7-11(17)14(10)18)21-13-4-3-12(19)9-2-1-5-20-15(9)13/h1-7,21H,19H2. The van der Waals surface area contributed by atoms with Crippen LogP contribution in [0.1, 0.15) is 0 Å². The van der Waals surface area contributed by atoms with Gasteiger partial charge in [0.25, 0.3) is 0 Å². The van der Waals surface area contributed by atoms with Crippen LogP contribution in [-0.4, -0.2) is 4.98 Å². The van der Waals surface area contributed by atoms with E-state index in [1.807, 2.05) is 12.1 Å². The van der Waals surface area contributed by atoms with Crippen molar-refractivity contribution in [2.45, 2.75) is 0 Å². The number of nitrogens with zero attached hydrogens (tertiary/aromatic N) is 1. The summed E-state index contributed by atoms with van der Waals surface area (Å²) in [5.74, 6) is -0.635. The van der Waals surface area contributed by atoms with E-state index in [0.29, 0.717) is 16.9 Å². The maximum absolute atomic E-state index is 13.4. The van der Waals surface area contributed by atoms with Crippen molar-refractivity contribution < 1.29 is 4.39 Å². The number of hydrogen-bond donors (Lipinski definition) is 2. The van der Waals surface area contributed by atoms with Crippen molar-refractivity contribution in [1.82, 2.24) is 4.98 Å². The molecule has 3 aromatic rings. The summed E-state index contributed by atoms with van der Waals surface area (Å²) >= 11 is 11.6. The molecule has 3 N–H and O–H groups in total. The summed E-state index contributed by atoms with van der Waals surface area (Å²) in [5.41, 5.74) is 8.59. The number of nitrogens with one attached hydrogen (secondary N) is 1. The number of pyridine rings is 1. The minimum Gasteiger partial charge on any atom is -0.398 e. The van der Waals surface area contributed by atoms with Gasteiger partial charge in [0.15, 0.2) is 5.82 Å². The summed E-state index contributed by atoms with van der Waals surface area (Å²) in [6, 6.07) is 10.2. The molecule has 0 amide bonds. The number of fused-ring (bicyclic) bond motifs is 1. The molecule has 0 atom stereocenters. The molecule has 106 valence electrons. The predicted molar refractivity (Wildman–Crippen MR) is 85.9 cm³/mol. The molecule has 0 aliphatic carbocycles. The number of halogens is 3. The fourth-order valence-corrected chi connectivity index (χ4v) is 2.57. The van der Waals surface area contributed by atoms with Gasteiger partial charge < -0.3 is 11.1 Å². The SMILES string of the molecule is Nc1ccc(Nc2cc(Cl)c(F)c(Cl)c2)c2ncccc12. The molecule has 0 fully saturated rings. The van der Waals surface area contributed by atoms with Gasteiger partial charge in [-0.15, -0.1) is 0 Å². The van der Waals surface area contributed by atoms with Crippen molar-refractivity contribution in [2.75, 3.05) is 11.1 Å². The largest absolute Gasteiger partial charge is 0.398 e. The zero-order valence-corrected chi connectivity index (χ0v) is 12.2. The number of aromatic nitrogens is 1. The van der Waals surface area contributed by atoms with Gasteiger partial charge in [0.2, 0.25) is 0 Å². The lowest BCUT2D eigenvalue weighted by atomic mass is 10.1. The van der Waals surface area contributed by atoms with Crippen LogP contribution >= 0.6 is 23.2 Å². The first-order valence-electron chi connectivity index (χ1n) is 6.11. The van der Waals surface area contributed by atoms with Crippen LogP contribution in [0.2, 0.25) is 10.0 Å². The second-order valence-electron chi connectivity index (χ2n) is 4.48. The fraction of sp³-hybridized carbons (Fsp3) is 0. The summed E-state index contributed by atoms with van der Waals surface area (Å²) in [6.07, 6.45) is 1.68. The number of rotatable bonds is 2. The molecule has 0 saturated carbocycles. The molecule has 0 saturated heterocycles. The van der Waals surface area contributed by atoms with E-state index >= 15 is 0 Å². The van der Waals surface area contributed by atoms with Gasteiger partial charge in [-0.2, -0.15) is 0 Å². The topological polar surface area (TPSA) is 50.9 Å². The van der Waals surface area contributed by atoms with Crippen molar-refractivity contribution in [3.63, 3.8) is 0 Å². The van der Waals surface area contributed by atoms with E-state index in [9.17, 15) is 4.39 Å². The average Bonchev–Trinajstić information content (AvgIpc) is 2.48. The monoisotopic (exact) mass is 321 g/mol. The van der Waals surface area contributed by atoms with E-state index in [1.54, 1.807) is 18.3 Å². The van der Waals surface area contributed by atoms with E-state index in [4.69, 9.17) is 28.9 Å². The van der Waals surface area contributed by atoms with Gasteiger partial charge >= 0.3 is 0 Å². The van der Waals surface area contributed by atoms with E-state index in [2.05, 4.69) is 10.3 Å². The lowest BCUT2D eigenvalue weighted by molar-refractivity contribution is 0.629. The Bertz CT molecular complexity index is 813. The van der Waals surface area contributed by atoms with Gasteiger partial charge in [0.05, 0.1) is 21.2 Å². The van der Waals surface area contributed by atoms with Crippen LogP contribution in [0.25, 0.3) is 10.9 Å². The Morgan fingerprint density at radius 2 is 1.81 bits per heavy atom. The van der Waals surface area contributed by atoms with Gasteiger partial charge in [0.1, 0.15) is 0 Å². The van der Waals surface area contributed by atoms with Gasteiger partial charge in [-0.3, -0.25) is 4.98 Å². The highest BCUT2D eigenvalue weighted by Crippen LogP contribution is 2.32. The average molecular weight is 322 g/mol. The Morgan fingerprint density at radius 3 is 2.52 bits per heavy atom. The van der Waals surface area contributed by atoms with Crippen molar-refractivity contribution in [3.05, 3.63) is 58.5 Å². The number of benzene rings is 2. The van der Waals surface area contributed by atoms with Crippen molar-refractivity contribution in [1.29, 1.82) is 0 Å². The summed E-state index contributed by atoms with van der Waals surface area (Å²) in [6.45, 7) is 0. The molecule has 0 radical (unpaired) electrons. The molecule has 1 heterocycles. The zero-order valence-electron chi connectivity index (χ0n) is 10.7. The lowest BCUT2D eigenvalue weighted by Gasteiger charge is -2.11. The Morgan fingerprint density at radius 1 is 1.10 bits per heavy atom. The van der Waals surface area contributed by atoms with Gasteiger partial charge in [-0.25, -0.2) is 4.39 Å². The molecule has 0 aliphatic rings.